The van der Waals surface area contributed by atoms with E-state index in [2.05, 4.69) is 9.97 Å². The van der Waals surface area contributed by atoms with Crippen molar-refractivity contribution in [1.29, 1.82) is 0 Å². The van der Waals surface area contributed by atoms with Crippen molar-refractivity contribution in [1.82, 2.24) is 9.97 Å². The van der Waals surface area contributed by atoms with Gasteiger partial charge in [0.15, 0.2) is 0 Å². The Balaban J connectivity index is 1.79. The molecule has 1 saturated heterocycles. The lowest BCUT2D eigenvalue weighted by Gasteiger charge is -2.30. The number of ether oxygens (including phenoxy) is 2. The molecule has 3 rings (SSSR count). The molecule has 1 fully saturated rings. The number of halogens is 1. The van der Waals surface area contributed by atoms with Crippen LogP contribution in [-0.2, 0) is 19.4 Å². The highest BCUT2D eigenvalue weighted by molar-refractivity contribution is 7.91. The van der Waals surface area contributed by atoms with Crippen LogP contribution >= 0.6 is 11.6 Å². The van der Waals surface area contributed by atoms with E-state index in [9.17, 15) is 13.2 Å². The molecule has 9 nitrogen and oxygen atoms in total. The number of sulfone groups is 1. The zero-order chi connectivity index (χ0) is 21.9. The van der Waals surface area contributed by atoms with Crippen LogP contribution < -0.4 is 15.4 Å². The molecule has 0 atom stereocenters. The van der Waals surface area contributed by atoms with E-state index in [4.69, 9.17) is 26.8 Å². The summed E-state index contributed by atoms with van der Waals surface area (Å²) in [4.78, 5) is 21.9. The predicted octanol–water partition coefficient (Wildman–Crippen LogP) is 2.33. The highest BCUT2D eigenvalue weighted by Crippen LogP contribution is 2.32. The summed E-state index contributed by atoms with van der Waals surface area (Å²) in [7, 11) is -2.52. The number of anilines is 2. The van der Waals surface area contributed by atoms with E-state index in [-0.39, 0.29) is 32.5 Å². The summed E-state index contributed by atoms with van der Waals surface area (Å²) in [5, 5.41) is 0.166. The summed E-state index contributed by atoms with van der Waals surface area (Å²) in [5.41, 5.74) is 5.97. The van der Waals surface area contributed by atoms with Crippen LogP contribution in [0.5, 0.6) is 5.75 Å². The Kier molecular flexibility index (Phi) is 6.67. The van der Waals surface area contributed by atoms with Crippen LogP contribution in [0.25, 0.3) is 0 Å². The Morgan fingerprint density at radius 2 is 2.03 bits per heavy atom. The van der Waals surface area contributed by atoms with E-state index in [1.165, 1.54) is 31.5 Å². The first-order valence-electron chi connectivity index (χ1n) is 9.40. The number of esters is 1. The predicted molar refractivity (Wildman–Crippen MR) is 111 cm³/mol. The minimum absolute atomic E-state index is 0.0356. The van der Waals surface area contributed by atoms with Crippen molar-refractivity contribution < 1.29 is 22.7 Å². The monoisotopic (exact) mass is 454 g/mol. The summed E-state index contributed by atoms with van der Waals surface area (Å²) in [5.74, 6) is 0.178. The average molecular weight is 455 g/mol. The van der Waals surface area contributed by atoms with Gasteiger partial charge in [-0.3, -0.25) is 4.79 Å². The first-order chi connectivity index (χ1) is 14.3. The van der Waals surface area contributed by atoms with Crippen molar-refractivity contribution >= 4 is 39.2 Å². The molecule has 30 heavy (non-hydrogen) atoms. The van der Waals surface area contributed by atoms with E-state index >= 15 is 0 Å². The van der Waals surface area contributed by atoms with Gasteiger partial charge in [-0.2, -0.15) is 4.98 Å². The number of benzene rings is 1. The first kappa shape index (κ1) is 22.1. The Hall–Kier alpha value is -2.59. The highest BCUT2D eigenvalue weighted by Gasteiger charge is 2.29. The second-order valence-corrected chi connectivity index (χ2v) is 9.06. The van der Waals surface area contributed by atoms with E-state index in [0.29, 0.717) is 44.2 Å². The molecule has 2 N–H and O–H groups in total. The quantitative estimate of drug-likeness (QED) is 0.654. The summed E-state index contributed by atoms with van der Waals surface area (Å²) in [6.07, 6.45) is 2.40. The molecule has 0 amide bonds. The summed E-state index contributed by atoms with van der Waals surface area (Å²) >= 11 is 6.05. The average Bonchev–Trinajstić information content (AvgIpc) is 2.73. The van der Waals surface area contributed by atoms with Crippen LogP contribution in [0.15, 0.2) is 34.2 Å². The molecule has 1 aliphatic heterocycles. The Morgan fingerprint density at radius 1 is 1.33 bits per heavy atom. The number of hydrogen-bond acceptors (Lipinski definition) is 9. The zero-order valence-corrected chi connectivity index (χ0v) is 18.2. The van der Waals surface area contributed by atoms with Crippen LogP contribution in [0, 0.1) is 5.92 Å². The van der Waals surface area contributed by atoms with Crippen LogP contribution in [0.4, 0.5) is 11.8 Å². The van der Waals surface area contributed by atoms with Gasteiger partial charge in [0.2, 0.25) is 15.8 Å². The number of hydrogen-bond donors (Lipinski definition) is 1. The molecule has 2 heterocycles. The van der Waals surface area contributed by atoms with Crippen molar-refractivity contribution in [2.75, 3.05) is 37.4 Å². The van der Waals surface area contributed by atoms with Gasteiger partial charge in [-0.05, 0) is 38.0 Å². The molecular weight excluding hydrogens is 432 g/mol. The van der Waals surface area contributed by atoms with Crippen LogP contribution in [0.2, 0.25) is 5.02 Å². The lowest BCUT2D eigenvalue weighted by atomic mass is 9.97. The third kappa shape index (κ3) is 4.44. The molecule has 0 unspecified atom stereocenters. The summed E-state index contributed by atoms with van der Waals surface area (Å²) in [6, 6.07) is 4.14. The number of carbonyl (C=O) groups is 1. The van der Waals surface area contributed by atoms with Gasteiger partial charge in [0.1, 0.15) is 16.5 Å². The standard InChI is InChI=1S/C19H23ClN4O5S/c1-3-29-18(25)12-6-8-24(9-7-12)19-22-11-16(17(21)23-19)30(26,27)13-4-5-15(28-2)14(20)10-13/h4-5,10-12H,3,6-9H2,1-2H3,(H2,21,22,23). The zero-order valence-electron chi connectivity index (χ0n) is 16.7. The Labute approximate surface area is 180 Å². The fraction of sp³-hybridized carbons (Fsp3) is 0.421. The van der Waals surface area contributed by atoms with Gasteiger partial charge in [0.05, 0.1) is 35.7 Å². The third-order valence-corrected chi connectivity index (χ3v) is 6.95. The molecule has 1 aromatic carbocycles. The van der Waals surface area contributed by atoms with Gasteiger partial charge in [-0.25, -0.2) is 13.4 Å². The number of aromatic nitrogens is 2. The van der Waals surface area contributed by atoms with Crippen molar-refractivity contribution in [3.05, 3.63) is 29.4 Å². The molecule has 1 aromatic heterocycles. The van der Waals surface area contributed by atoms with E-state index < -0.39 is 9.84 Å². The van der Waals surface area contributed by atoms with E-state index in [0.717, 1.165) is 0 Å². The second-order valence-electron chi connectivity index (χ2n) is 6.73. The maximum Gasteiger partial charge on any atom is 0.309 e. The van der Waals surface area contributed by atoms with Crippen molar-refractivity contribution in [2.24, 2.45) is 5.92 Å². The topological polar surface area (TPSA) is 125 Å². The molecule has 2 aromatic rings. The lowest BCUT2D eigenvalue weighted by Crippen LogP contribution is -2.38. The van der Waals surface area contributed by atoms with Crippen LogP contribution in [0.3, 0.4) is 0 Å². The molecule has 1 aliphatic rings. The summed E-state index contributed by atoms with van der Waals surface area (Å²) < 4.78 is 36.0. The smallest absolute Gasteiger partial charge is 0.309 e. The molecular formula is C19H23ClN4O5S. The van der Waals surface area contributed by atoms with Gasteiger partial charge in [-0.1, -0.05) is 11.6 Å². The number of piperidine rings is 1. The number of carbonyl (C=O) groups excluding carboxylic acids is 1. The molecule has 0 aliphatic carbocycles. The van der Waals surface area contributed by atoms with Gasteiger partial charge < -0.3 is 20.1 Å². The fourth-order valence-corrected chi connectivity index (χ4v) is 4.86. The highest BCUT2D eigenvalue weighted by atomic mass is 35.5. The van der Waals surface area contributed by atoms with Gasteiger partial charge >= 0.3 is 5.97 Å². The Bertz CT molecular complexity index is 1040. The largest absolute Gasteiger partial charge is 0.495 e. The number of nitrogens with two attached hydrogens (primary N) is 1. The van der Waals surface area contributed by atoms with Crippen molar-refractivity contribution in [3.63, 3.8) is 0 Å². The van der Waals surface area contributed by atoms with Gasteiger partial charge in [0.25, 0.3) is 0 Å². The van der Waals surface area contributed by atoms with E-state index in [1.54, 1.807) is 6.92 Å². The number of nitrogen functional groups attached to an aromatic ring is 1. The maximum atomic E-state index is 12.9. The fourth-order valence-electron chi connectivity index (χ4n) is 3.25. The first-order valence-corrected chi connectivity index (χ1v) is 11.3. The van der Waals surface area contributed by atoms with Gasteiger partial charge in [-0.15, -0.1) is 0 Å². The molecule has 0 spiro atoms. The third-order valence-electron chi connectivity index (χ3n) is 4.89. The number of rotatable bonds is 6. The van der Waals surface area contributed by atoms with Crippen LogP contribution in [-0.4, -0.2) is 51.2 Å². The van der Waals surface area contributed by atoms with Gasteiger partial charge in [0, 0.05) is 13.1 Å². The maximum absolute atomic E-state index is 12.9. The normalized spacial score (nSPS) is 15.1. The minimum Gasteiger partial charge on any atom is -0.495 e. The van der Waals surface area contributed by atoms with Crippen molar-refractivity contribution in [3.8, 4) is 5.75 Å². The Morgan fingerprint density at radius 3 is 2.60 bits per heavy atom. The molecule has 162 valence electrons. The summed E-state index contributed by atoms with van der Waals surface area (Å²) in [6.45, 7) is 3.22. The molecule has 0 saturated carbocycles. The van der Waals surface area contributed by atoms with Crippen molar-refractivity contribution in [2.45, 2.75) is 29.6 Å². The lowest BCUT2D eigenvalue weighted by molar-refractivity contribution is -0.148. The molecule has 11 heteroatoms. The van der Waals surface area contributed by atoms with Crippen LogP contribution in [0.1, 0.15) is 19.8 Å². The number of methoxy groups -OCH3 is 1. The number of nitrogens with zero attached hydrogens (tertiary/aromatic N) is 3. The van der Waals surface area contributed by atoms with E-state index in [1.807, 2.05) is 4.90 Å². The molecule has 0 radical (unpaired) electrons. The second kappa shape index (κ2) is 9.05. The SMILES string of the molecule is CCOC(=O)C1CCN(c2ncc(S(=O)(=O)c3ccc(OC)c(Cl)c3)c(N)n2)CC1. The molecule has 0 bridgehead atoms. The minimum atomic E-state index is -3.96.